The number of nitro groups is 2. The smallest absolute Gasteiger partial charge is 0.338 e. The summed E-state index contributed by atoms with van der Waals surface area (Å²) in [5.74, 6) is -0.473. The number of ether oxygens (including phenoxy) is 1. The van der Waals surface area contributed by atoms with Crippen LogP contribution in [0.15, 0.2) is 34.9 Å². The minimum atomic E-state index is -0.909. The van der Waals surface area contributed by atoms with E-state index in [1.807, 2.05) is 0 Å². The molecule has 1 aromatic carbocycles. The van der Waals surface area contributed by atoms with Crippen molar-refractivity contribution in [3.8, 4) is 0 Å². The van der Waals surface area contributed by atoms with Crippen LogP contribution in [0.25, 0.3) is 0 Å². The number of nitro benzene ring substituents is 2. The van der Waals surface area contributed by atoms with Crippen LogP contribution in [0.3, 0.4) is 0 Å². The Kier molecular flexibility index (Phi) is 4.55. The molecule has 0 unspecified atom stereocenters. The fourth-order valence-electron chi connectivity index (χ4n) is 1.91. The van der Waals surface area contributed by atoms with Gasteiger partial charge in [0.1, 0.15) is 5.76 Å². The number of rotatable bonds is 6. The fourth-order valence-corrected chi connectivity index (χ4v) is 1.91. The molecule has 1 N–H and O–H groups in total. The highest BCUT2D eigenvalue weighted by Gasteiger charge is 2.28. The topological polar surface area (TPSA) is 138 Å². The molecule has 0 bridgehead atoms. The average molecular weight is 321 g/mol. The average Bonchev–Trinajstić information content (AvgIpc) is 3.04. The van der Waals surface area contributed by atoms with Gasteiger partial charge < -0.3 is 14.5 Å². The molecule has 10 heteroatoms. The Balaban J connectivity index is 2.50. The number of benzene rings is 1. The predicted octanol–water partition coefficient (Wildman–Crippen LogP) is 2.49. The monoisotopic (exact) mass is 321 g/mol. The highest BCUT2D eigenvalue weighted by Crippen LogP contribution is 2.36. The zero-order chi connectivity index (χ0) is 17.0. The van der Waals surface area contributed by atoms with Crippen molar-refractivity contribution in [2.45, 2.75) is 6.54 Å². The van der Waals surface area contributed by atoms with Gasteiger partial charge in [-0.25, -0.2) is 4.79 Å². The summed E-state index contributed by atoms with van der Waals surface area (Å²) in [6, 6.07) is 5.06. The maximum Gasteiger partial charge on any atom is 0.338 e. The van der Waals surface area contributed by atoms with Gasteiger partial charge in [0.25, 0.3) is 11.4 Å². The summed E-state index contributed by atoms with van der Waals surface area (Å²) in [6.07, 6.45) is 1.40. The van der Waals surface area contributed by atoms with E-state index in [4.69, 9.17) is 4.42 Å². The third-order valence-corrected chi connectivity index (χ3v) is 2.93. The van der Waals surface area contributed by atoms with Gasteiger partial charge in [0.15, 0.2) is 5.69 Å². The van der Waals surface area contributed by atoms with Gasteiger partial charge in [0.05, 0.1) is 35.3 Å². The summed E-state index contributed by atoms with van der Waals surface area (Å²) < 4.78 is 9.50. The molecule has 0 atom stereocenters. The van der Waals surface area contributed by atoms with Crippen molar-refractivity contribution >= 4 is 23.0 Å². The summed E-state index contributed by atoms with van der Waals surface area (Å²) >= 11 is 0. The molecule has 0 fully saturated rings. The molecule has 0 spiro atoms. The summed E-state index contributed by atoms with van der Waals surface area (Å²) in [5.41, 5.74) is -1.81. The Bertz CT molecular complexity index is 720. The molecule has 120 valence electrons. The molecule has 0 amide bonds. The third-order valence-electron chi connectivity index (χ3n) is 2.93. The molecule has 0 radical (unpaired) electrons. The lowest BCUT2D eigenvalue weighted by atomic mass is 10.1. The van der Waals surface area contributed by atoms with E-state index in [1.165, 1.54) is 6.26 Å². The van der Waals surface area contributed by atoms with Gasteiger partial charge in [-0.15, -0.1) is 0 Å². The molecular formula is C13H11N3O7. The van der Waals surface area contributed by atoms with Gasteiger partial charge >= 0.3 is 5.97 Å². The third kappa shape index (κ3) is 3.43. The second-order valence-electron chi connectivity index (χ2n) is 4.33. The summed E-state index contributed by atoms with van der Waals surface area (Å²) in [7, 11) is 1.07. The van der Waals surface area contributed by atoms with Crippen LogP contribution in [-0.2, 0) is 11.3 Å². The maximum absolute atomic E-state index is 11.5. The van der Waals surface area contributed by atoms with E-state index >= 15 is 0 Å². The number of carbonyl (C=O) groups is 1. The summed E-state index contributed by atoms with van der Waals surface area (Å²) in [5, 5.41) is 25.0. The molecule has 1 aromatic heterocycles. The van der Waals surface area contributed by atoms with Crippen molar-refractivity contribution in [3.05, 3.63) is 62.1 Å². The Hall–Kier alpha value is -3.43. The van der Waals surface area contributed by atoms with Crippen LogP contribution in [0, 0.1) is 20.2 Å². The van der Waals surface area contributed by atoms with E-state index in [0.29, 0.717) is 5.76 Å². The van der Waals surface area contributed by atoms with E-state index in [0.717, 1.165) is 19.2 Å². The van der Waals surface area contributed by atoms with Crippen LogP contribution in [0.2, 0.25) is 0 Å². The molecule has 0 saturated carbocycles. The maximum atomic E-state index is 11.5. The first-order valence-electron chi connectivity index (χ1n) is 6.25. The van der Waals surface area contributed by atoms with Crippen LogP contribution < -0.4 is 5.32 Å². The van der Waals surface area contributed by atoms with Crippen LogP contribution in [0.4, 0.5) is 17.1 Å². The number of nitrogens with one attached hydrogen (secondary N) is 1. The van der Waals surface area contributed by atoms with E-state index in [1.54, 1.807) is 12.1 Å². The van der Waals surface area contributed by atoms with Crippen LogP contribution in [0.1, 0.15) is 16.1 Å². The molecule has 2 aromatic rings. The standard InChI is InChI=1S/C13H11N3O7/c1-22-13(17)8-5-10(15(18)19)12(11(6-8)16(20)21)14-7-9-3-2-4-23-9/h2-6,14H,7H2,1H3. The lowest BCUT2D eigenvalue weighted by Crippen LogP contribution is -2.09. The zero-order valence-corrected chi connectivity index (χ0v) is 11.8. The van der Waals surface area contributed by atoms with Gasteiger partial charge in [-0.1, -0.05) is 0 Å². The number of hydrogen-bond donors (Lipinski definition) is 1. The first-order valence-corrected chi connectivity index (χ1v) is 6.25. The van der Waals surface area contributed by atoms with Gasteiger partial charge in [-0.05, 0) is 12.1 Å². The number of nitrogens with zero attached hydrogens (tertiary/aromatic N) is 2. The van der Waals surface area contributed by atoms with Gasteiger partial charge in [-0.3, -0.25) is 20.2 Å². The fraction of sp³-hybridized carbons (Fsp3) is 0.154. The minimum absolute atomic E-state index is 0.00620. The number of hydrogen-bond acceptors (Lipinski definition) is 8. The highest BCUT2D eigenvalue weighted by molar-refractivity contribution is 5.93. The summed E-state index contributed by atoms with van der Waals surface area (Å²) in [6.45, 7) is 0.00620. The number of methoxy groups -OCH3 is 1. The quantitative estimate of drug-likeness (QED) is 0.486. The van der Waals surface area contributed by atoms with Crippen LogP contribution >= 0.6 is 0 Å². The minimum Gasteiger partial charge on any atom is -0.467 e. The molecule has 0 saturated heterocycles. The summed E-state index contributed by atoms with van der Waals surface area (Å²) in [4.78, 5) is 32.3. The number of esters is 1. The predicted molar refractivity (Wildman–Crippen MR) is 77.1 cm³/mol. The van der Waals surface area contributed by atoms with Crippen molar-refractivity contribution in [1.82, 2.24) is 0 Å². The molecule has 2 rings (SSSR count). The Labute approximate surface area is 129 Å². The molecule has 23 heavy (non-hydrogen) atoms. The first kappa shape index (κ1) is 15.9. The van der Waals surface area contributed by atoms with Crippen molar-refractivity contribution in [1.29, 1.82) is 0 Å². The normalized spacial score (nSPS) is 10.1. The molecule has 0 aliphatic heterocycles. The lowest BCUT2D eigenvalue weighted by Gasteiger charge is -2.08. The van der Waals surface area contributed by atoms with Crippen molar-refractivity contribution in [3.63, 3.8) is 0 Å². The van der Waals surface area contributed by atoms with Gasteiger partial charge in [0, 0.05) is 12.1 Å². The number of anilines is 1. The first-order chi connectivity index (χ1) is 10.9. The molecular weight excluding hydrogens is 310 g/mol. The number of furan rings is 1. The molecule has 10 nitrogen and oxygen atoms in total. The largest absolute Gasteiger partial charge is 0.467 e. The Morgan fingerprint density at radius 1 is 1.26 bits per heavy atom. The van der Waals surface area contributed by atoms with E-state index in [9.17, 15) is 25.0 Å². The molecule has 0 aliphatic carbocycles. The molecule has 1 heterocycles. The SMILES string of the molecule is COC(=O)c1cc([N+](=O)[O-])c(NCc2ccco2)c([N+](=O)[O-])c1. The number of carbonyl (C=O) groups excluding carboxylic acids is 1. The lowest BCUT2D eigenvalue weighted by molar-refractivity contribution is -0.392. The highest BCUT2D eigenvalue weighted by atomic mass is 16.6. The Morgan fingerprint density at radius 3 is 2.30 bits per heavy atom. The molecule has 0 aliphatic rings. The van der Waals surface area contributed by atoms with Crippen LogP contribution in [0.5, 0.6) is 0 Å². The van der Waals surface area contributed by atoms with Crippen LogP contribution in [-0.4, -0.2) is 22.9 Å². The van der Waals surface area contributed by atoms with E-state index in [2.05, 4.69) is 10.1 Å². The second-order valence-corrected chi connectivity index (χ2v) is 4.33. The van der Waals surface area contributed by atoms with Crippen molar-refractivity contribution in [2.24, 2.45) is 0 Å². The van der Waals surface area contributed by atoms with E-state index in [-0.39, 0.29) is 17.8 Å². The zero-order valence-electron chi connectivity index (χ0n) is 11.8. The van der Waals surface area contributed by atoms with Crippen molar-refractivity contribution in [2.75, 3.05) is 12.4 Å². The Morgan fingerprint density at radius 2 is 1.87 bits per heavy atom. The van der Waals surface area contributed by atoms with E-state index < -0.39 is 27.2 Å². The van der Waals surface area contributed by atoms with Crippen molar-refractivity contribution < 1.29 is 23.8 Å². The second kappa shape index (κ2) is 6.56. The van der Waals surface area contributed by atoms with Gasteiger partial charge in [-0.2, -0.15) is 0 Å². The van der Waals surface area contributed by atoms with Gasteiger partial charge in [0.2, 0.25) is 0 Å².